The number of guanidine groups is 1. The molecule has 4 rings (SSSR count). The van der Waals surface area contributed by atoms with Gasteiger partial charge < -0.3 is 10.5 Å². The Hall–Kier alpha value is -4.13. The standard InChI is InChI=1S/C26H26N4O3/c1-26(16-23(31)30(2)24(27)29-26)21-10-6-9-20(15-21)19-11-13-22(14-12-19)28-25(32)33-17-18-7-4-3-5-8-18/h3-15H,16-17H2,1-2H3,(H2,27,29)(H,28,32). The first kappa shape index (κ1) is 22.1. The van der Waals surface area contributed by atoms with Gasteiger partial charge in [0.25, 0.3) is 0 Å². The Bertz CT molecular complexity index is 1190. The second-order valence-electron chi connectivity index (χ2n) is 8.22. The summed E-state index contributed by atoms with van der Waals surface area (Å²) in [6.07, 6.45) is -0.259. The van der Waals surface area contributed by atoms with Crippen molar-refractivity contribution in [2.45, 2.75) is 25.5 Å². The molecule has 0 spiro atoms. The van der Waals surface area contributed by atoms with Gasteiger partial charge >= 0.3 is 6.09 Å². The number of nitrogens with one attached hydrogen (secondary N) is 1. The number of nitrogens with zero attached hydrogens (tertiary/aromatic N) is 2. The zero-order valence-corrected chi connectivity index (χ0v) is 18.6. The predicted molar refractivity (Wildman–Crippen MR) is 128 cm³/mol. The van der Waals surface area contributed by atoms with Gasteiger partial charge in [0.05, 0.1) is 12.0 Å². The molecule has 0 fully saturated rings. The van der Waals surface area contributed by atoms with Gasteiger partial charge in [-0.3, -0.25) is 15.0 Å². The molecule has 0 aromatic heterocycles. The smallest absolute Gasteiger partial charge is 0.411 e. The lowest BCUT2D eigenvalue weighted by molar-refractivity contribution is -0.128. The first-order valence-corrected chi connectivity index (χ1v) is 10.6. The van der Waals surface area contributed by atoms with Crippen LogP contribution in [0.3, 0.4) is 0 Å². The van der Waals surface area contributed by atoms with E-state index in [1.54, 1.807) is 7.05 Å². The summed E-state index contributed by atoms with van der Waals surface area (Å²) in [7, 11) is 1.63. The minimum absolute atomic E-state index is 0.0648. The van der Waals surface area contributed by atoms with Gasteiger partial charge in [-0.05, 0) is 47.4 Å². The average Bonchev–Trinajstić information content (AvgIpc) is 2.82. The molecular weight excluding hydrogens is 416 g/mol. The molecule has 0 aliphatic carbocycles. The number of carbonyl (C=O) groups excluding carboxylic acids is 2. The van der Waals surface area contributed by atoms with E-state index in [2.05, 4.69) is 10.3 Å². The molecule has 1 heterocycles. The SMILES string of the molecule is CN1C(=O)CC(C)(c2cccc(-c3ccc(NC(=O)OCc4ccccc4)cc3)c2)N=C1N. The molecular formula is C26H26N4O3. The maximum atomic E-state index is 12.3. The Morgan fingerprint density at radius 3 is 2.48 bits per heavy atom. The Labute approximate surface area is 192 Å². The fourth-order valence-corrected chi connectivity index (χ4v) is 3.73. The van der Waals surface area contributed by atoms with Gasteiger partial charge in [0.2, 0.25) is 5.91 Å². The second-order valence-corrected chi connectivity index (χ2v) is 8.22. The Morgan fingerprint density at radius 1 is 1.06 bits per heavy atom. The lowest BCUT2D eigenvalue weighted by Gasteiger charge is -2.33. The molecule has 7 heteroatoms. The van der Waals surface area contributed by atoms with E-state index in [1.165, 1.54) is 4.90 Å². The van der Waals surface area contributed by atoms with Crippen LogP contribution in [0.2, 0.25) is 0 Å². The lowest BCUT2D eigenvalue weighted by Crippen LogP contribution is -2.47. The predicted octanol–water partition coefficient (Wildman–Crippen LogP) is 4.49. The number of nitrogens with two attached hydrogens (primary N) is 1. The van der Waals surface area contributed by atoms with E-state index in [0.717, 1.165) is 22.3 Å². The van der Waals surface area contributed by atoms with Crippen molar-refractivity contribution in [3.63, 3.8) is 0 Å². The molecule has 7 nitrogen and oxygen atoms in total. The monoisotopic (exact) mass is 442 g/mol. The molecule has 1 atom stereocenters. The molecule has 168 valence electrons. The number of amides is 2. The van der Waals surface area contributed by atoms with Crippen molar-refractivity contribution in [1.82, 2.24) is 4.90 Å². The summed E-state index contributed by atoms with van der Waals surface area (Å²) in [6, 6.07) is 24.9. The van der Waals surface area contributed by atoms with Crippen molar-refractivity contribution in [1.29, 1.82) is 0 Å². The Balaban J connectivity index is 1.45. The molecule has 1 aliphatic rings. The summed E-state index contributed by atoms with van der Waals surface area (Å²) in [4.78, 5) is 30.4. The molecule has 1 unspecified atom stereocenters. The summed E-state index contributed by atoms with van der Waals surface area (Å²) in [5.41, 5.74) is 9.66. The van der Waals surface area contributed by atoms with Gasteiger partial charge in [-0.15, -0.1) is 0 Å². The van der Waals surface area contributed by atoms with Crippen molar-refractivity contribution in [2.24, 2.45) is 10.7 Å². The topological polar surface area (TPSA) is 97.0 Å². The van der Waals surface area contributed by atoms with E-state index in [4.69, 9.17) is 10.5 Å². The minimum Gasteiger partial charge on any atom is -0.444 e. The van der Waals surface area contributed by atoms with Crippen LogP contribution in [0.15, 0.2) is 83.9 Å². The van der Waals surface area contributed by atoms with Crippen LogP contribution >= 0.6 is 0 Å². The largest absolute Gasteiger partial charge is 0.444 e. The van der Waals surface area contributed by atoms with Crippen molar-refractivity contribution in [3.8, 4) is 11.1 Å². The number of benzene rings is 3. The number of aliphatic imine (C=N–C) groups is 1. The summed E-state index contributed by atoms with van der Waals surface area (Å²) in [5, 5.41) is 2.74. The zero-order chi connectivity index (χ0) is 23.4. The number of anilines is 1. The fraction of sp³-hybridized carbons (Fsp3) is 0.192. The highest BCUT2D eigenvalue weighted by atomic mass is 16.5. The van der Waals surface area contributed by atoms with Crippen LogP contribution in [-0.4, -0.2) is 29.9 Å². The third-order valence-electron chi connectivity index (χ3n) is 5.74. The van der Waals surface area contributed by atoms with Crippen LogP contribution in [0.1, 0.15) is 24.5 Å². The maximum Gasteiger partial charge on any atom is 0.411 e. The molecule has 33 heavy (non-hydrogen) atoms. The highest BCUT2D eigenvalue weighted by Gasteiger charge is 2.36. The van der Waals surface area contributed by atoms with Gasteiger partial charge in [-0.25, -0.2) is 9.79 Å². The van der Waals surface area contributed by atoms with Gasteiger partial charge in [0, 0.05) is 12.7 Å². The van der Waals surface area contributed by atoms with Crippen molar-refractivity contribution < 1.29 is 14.3 Å². The van der Waals surface area contributed by atoms with Gasteiger partial charge in [0.15, 0.2) is 5.96 Å². The van der Waals surface area contributed by atoms with Crippen LogP contribution in [0, 0.1) is 0 Å². The number of hydrogen-bond acceptors (Lipinski definition) is 5. The van der Waals surface area contributed by atoms with E-state index >= 15 is 0 Å². The molecule has 2 amide bonds. The molecule has 1 aliphatic heterocycles. The van der Waals surface area contributed by atoms with E-state index < -0.39 is 11.6 Å². The van der Waals surface area contributed by atoms with E-state index in [0.29, 0.717) is 5.69 Å². The third kappa shape index (κ3) is 5.03. The normalized spacial score (nSPS) is 17.9. The molecule has 0 bridgehead atoms. The number of carbonyl (C=O) groups is 2. The van der Waals surface area contributed by atoms with Crippen LogP contribution < -0.4 is 11.1 Å². The maximum absolute atomic E-state index is 12.3. The van der Waals surface area contributed by atoms with Crippen molar-refractivity contribution in [3.05, 3.63) is 90.0 Å². The highest BCUT2D eigenvalue weighted by molar-refractivity contribution is 5.98. The summed E-state index contributed by atoms with van der Waals surface area (Å²) >= 11 is 0. The number of hydrogen-bond donors (Lipinski definition) is 2. The molecule has 0 saturated heterocycles. The molecule has 3 aromatic rings. The summed E-state index contributed by atoms with van der Waals surface area (Å²) in [6.45, 7) is 2.12. The summed E-state index contributed by atoms with van der Waals surface area (Å²) in [5.74, 6) is 0.152. The molecule has 0 saturated carbocycles. The second kappa shape index (κ2) is 9.16. The lowest BCUT2D eigenvalue weighted by atomic mass is 9.86. The Kier molecular flexibility index (Phi) is 6.13. The van der Waals surface area contributed by atoms with Crippen LogP contribution in [0.25, 0.3) is 11.1 Å². The van der Waals surface area contributed by atoms with Gasteiger partial charge in [-0.1, -0.05) is 60.7 Å². The van der Waals surface area contributed by atoms with Crippen molar-refractivity contribution >= 4 is 23.6 Å². The minimum atomic E-state index is -0.715. The van der Waals surface area contributed by atoms with E-state index in [-0.39, 0.29) is 24.9 Å². The van der Waals surface area contributed by atoms with Gasteiger partial charge in [-0.2, -0.15) is 0 Å². The third-order valence-corrected chi connectivity index (χ3v) is 5.74. The van der Waals surface area contributed by atoms with E-state index in [9.17, 15) is 9.59 Å². The van der Waals surface area contributed by atoms with Gasteiger partial charge in [0.1, 0.15) is 6.61 Å². The van der Waals surface area contributed by atoms with Crippen LogP contribution in [0.4, 0.5) is 10.5 Å². The van der Waals surface area contributed by atoms with Crippen molar-refractivity contribution in [2.75, 3.05) is 12.4 Å². The quantitative estimate of drug-likeness (QED) is 0.608. The van der Waals surface area contributed by atoms with Crippen LogP contribution in [0.5, 0.6) is 0 Å². The zero-order valence-electron chi connectivity index (χ0n) is 18.6. The molecule has 3 N–H and O–H groups in total. The first-order chi connectivity index (χ1) is 15.8. The average molecular weight is 443 g/mol. The van der Waals surface area contributed by atoms with Crippen LogP contribution in [-0.2, 0) is 21.7 Å². The fourth-order valence-electron chi connectivity index (χ4n) is 3.73. The van der Waals surface area contributed by atoms with E-state index in [1.807, 2.05) is 85.8 Å². The number of rotatable bonds is 5. The number of ether oxygens (including phenoxy) is 1. The molecule has 3 aromatic carbocycles. The highest BCUT2D eigenvalue weighted by Crippen LogP contribution is 2.35. The first-order valence-electron chi connectivity index (χ1n) is 10.6. The molecule has 0 radical (unpaired) electrons. The Morgan fingerprint density at radius 2 is 1.79 bits per heavy atom. The summed E-state index contributed by atoms with van der Waals surface area (Å²) < 4.78 is 5.26.